The van der Waals surface area contributed by atoms with Crippen molar-refractivity contribution >= 4 is 17.1 Å². The second-order valence-electron chi connectivity index (χ2n) is 5.29. The van der Waals surface area contributed by atoms with E-state index in [-0.39, 0.29) is 12.1 Å². The number of hydrogen-bond acceptors (Lipinski definition) is 3. The zero-order valence-corrected chi connectivity index (χ0v) is 12.4. The minimum Gasteiger partial charge on any atom is -0.378 e. The van der Waals surface area contributed by atoms with Gasteiger partial charge in [-0.05, 0) is 19.1 Å². The molecule has 1 saturated heterocycles. The summed E-state index contributed by atoms with van der Waals surface area (Å²) in [4.78, 5) is 18.6. The lowest BCUT2D eigenvalue weighted by atomic mass is 10.3. The average Bonchev–Trinajstić information content (AvgIpc) is 2.86. The van der Waals surface area contributed by atoms with E-state index in [1.807, 2.05) is 42.8 Å². The molecule has 2 amide bonds. The van der Waals surface area contributed by atoms with Crippen molar-refractivity contribution in [3.05, 3.63) is 30.1 Å². The first kappa shape index (κ1) is 13.9. The Morgan fingerprint density at radius 1 is 1.33 bits per heavy atom. The Hall–Kier alpha value is -2.08. The number of urea groups is 1. The number of aromatic nitrogens is 2. The topological polar surface area (TPSA) is 59.4 Å². The van der Waals surface area contributed by atoms with Crippen molar-refractivity contribution in [1.29, 1.82) is 0 Å². The first-order chi connectivity index (χ1) is 10.2. The van der Waals surface area contributed by atoms with Crippen LogP contribution in [0, 0.1) is 0 Å². The molecule has 0 radical (unpaired) electrons. The first-order valence-corrected chi connectivity index (χ1v) is 7.21. The Morgan fingerprint density at radius 2 is 2.05 bits per heavy atom. The number of carbonyl (C=O) groups is 1. The van der Waals surface area contributed by atoms with E-state index in [1.165, 1.54) is 0 Å². The quantitative estimate of drug-likeness (QED) is 0.914. The van der Waals surface area contributed by atoms with E-state index in [2.05, 4.69) is 10.3 Å². The van der Waals surface area contributed by atoms with Gasteiger partial charge in [-0.25, -0.2) is 9.78 Å². The molecule has 6 nitrogen and oxygen atoms in total. The lowest BCUT2D eigenvalue weighted by Crippen LogP contribution is -2.47. The maximum Gasteiger partial charge on any atom is 0.318 e. The predicted molar refractivity (Wildman–Crippen MR) is 80.1 cm³/mol. The molecule has 1 aliphatic rings. The molecule has 2 heterocycles. The van der Waals surface area contributed by atoms with E-state index in [1.54, 1.807) is 4.90 Å². The lowest BCUT2D eigenvalue weighted by molar-refractivity contribution is 0.0525. The summed E-state index contributed by atoms with van der Waals surface area (Å²) in [5.41, 5.74) is 2.02. The third-order valence-electron chi connectivity index (χ3n) is 3.85. The molecule has 1 fully saturated rings. The molecule has 1 aromatic heterocycles. The maximum atomic E-state index is 12.2. The number of fused-ring (bicyclic) bond motifs is 1. The number of para-hydroxylation sites is 2. The molecule has 112 valence electrons. The van der Waals surface area contributed by atoms with Crippen molar-refractivity contribution in [3.8, 4) is 0 Å². The van der Waals surface area contributed by atoms with Gasteiger partial charge in [-0.3, -0.25) is 0 Å². The van der Waals surface area contributed by atoms with Gasteiger partial charge in [0, 0.05) is 20.1 Å². The van der Waals surface area contributed by atoms with Gasteiger partial charge in [0.2, 0.25) is 0 Å². The van der Waals surface area contributed by atoms with Crippen LogP contribution in [0.2, 0.25) is 0 Å². The molecule has 1 aromatic carbocycles. The zero-order valence-electron chi connectivity index (χ0n) is 12.4. The van der Waals surface area contributed by atoms with Crippen LogP contribution >= 0.6 is 0 Å². The molecule has 1 aliphatic heterocycles. The fourth-order valence-corrected chi connectivity index (χ4v) is 2.66. The highest BCUT2D eigenvalue weighted by Gasteiger charge is 2.21. The predicted octanol–water partition coefficient (Wildman–Crippen LogP) is 1.68. The molecular formula is C15H20N4O2. The normalized spacial score (nSPS) is 17.0. The number of rotatable bonds is 2. The molecule has 0 saturated carbocycles. The van der Waals surface area contributed by atoms with Crippen molar-refractivity contribution < 1.29 is 9.53 Å². The molecule has 1 N–H and O–H groups in total. The summed E-state index contributed by atoms with van der Waals surface area (Å²) in [6, 6.07) is 7.77. The van der Waals surface area contributed by atoms with Crippen molar-refractivity contribution in [3.63, 3.8) is 0 Å². The Morgan fingerprint density at radius 3 is 2.76 bits per heavy atom. The fraction of sp³-hybridized carbons (Fsp3) is 0.467. The van der Waals surface area contributed by atoms with E-state index in [9.17, 15) is 4.79 Å². The zero-order chi connectivity index (χ0) is 14.8. The highest BCUT2D eigenvalue weighted by Crippen LogP contribution is 2.19. The highest BCUT2D eigenvalue weighted by atomic mass is 16.5. The second kappa shape index (κ2) is 5.73. The standard InChI is InChI=1S/C15H20N4O2/c1-11(16-15(20)19-7-9-21-10-8-19)14-17-12-5-3-4-6-13(12)18(14)2/h3-6,11H,7-10H2,1-2H3,(H,16,20). The largest absolute Gasteiger partial charge is 0.378 e. The van der Waals surface area contributed by atoms with Gasteiger partial charge in [-0.1, -0.05) is 12.1 Å². The van der Waals surface area contributed by atoms with Crippen LogP contribution in [0.4, 0.5) is 4.79 Å². The van der Waals surface area contributed by atoms with Crippen LogP contribution in [0.15, 0.2) is 24.3 Å². The Kier molecular flexibility index (Phi) is 3.79. The van der Waals surface area contributed by atoms with Crippen LogP contribution in [0.5, 0.6) is 0 Å². The van der Waals surface area contributed by atoms with Gasteiger partial charge in [0.1, 0.15) is 5.82 Å². The molecule has 0 spiro atoms. The minimum absolute atomic E-state index is 0.0575. The highest BCUT2D eigenvalue weighted by molar-refractivity contribution is 5.77. The van der Waals surface area contributed by atoms with Gasteiger partial charge in [0.05, 0.1) is 30.3 Å². The van der Waals surface area contributed by atoms with Crippen molar-refractivity contribution in [2.45, 2.75) is 13.0 Å². The van der Waals surface area contributed by atoms with Gasteiger partial charge < -0.3 is 19.5 Å². The van der Waals surface area contributed by atoms with Crippen LogP contribution in [0.1, 0.15) is 18.8 Å². The van der Waals surface area contributed by atoms with Gasteiger partial charge in [0.25, 0.3) is 0 Å². The Labute approximate surface area is 123 Å². The molecule has 1 atom stereocenters. The number of carbonyl (C=O) groups excluding carboxylic acids is 1. The molecule has 1 unspecified atom stereocenters. The molecule has 0 aliphatic carbocycles. The van der Waals surface area contributed by atoms with Crippen LogP contribution in [0.25, 0.3) is 11.0 Å². The summed E-state index contributed by atoms with van der Waals surface area (Å²) in [7, 11) is 1.97. The number of morpholine rings is 1. The number of amides is 2. The van der Waals surface area contributed by atoms with E-state index in [0.29, 0.717) is 26.3 Å². The monoisotopic (exact) mass is 288 g/mol. The number of nitrogens with zero attached hydrogens (tertiary/aromatic N) is 3. The lowest BCUT2D eigenvalue weighted by Gasteiger charge is -2.28. The van der Waals surface area contributed by atoms with Gasteiger partial charge >= 0.3 is 6.03 Å². The van der Waals surface area contributed by atoms with E-state index in [4.69, 9.17) is 4.74 Å². The SMILES string of the molecule is CC(NC(=O)N1CCOCC1)c1nc2ccccc2n1C. The summed E-state index contributed by atoms with van der Waals surface area (Å²) in [6.45, 7) is 4.45. The fourth-order valence-electron chi connectivity index (χ4n) is 2.66. The van der Waals surface area contributed by atoms with E-state index in [0.717, 1.165) is 16.9 Å². The maximum absolute atomic E-state index is 12.2. The molecule has 6 heteroatoms. The van der Waals surface area contributed by atoms with E-state index < -0.39 is 0 Å². The smallest absolute Gasteiger partial charge is 0.318 e. The first-order valence-electron chi connectivity index (χ1n) is 7.21. The molecule has 3 rings (SSSR count). The van der Waals surface area contributed by atoms with Crippen molar-refractivity contribution in [2.24, 2.45) is 7.05 Å². The average molecular weight is 288 g/mol. The molecular weight excluding hydrogens is 268 g/mol. The number of imidazole rings is 1. The number of benzene rings is 1. The van der Waals surface area contributed by atoms with Gasteiger partial charge in [-0.15, -0.1) is 0 Å². The Balaban J connectivity index is 1.75. The summed E-state index contributed by atoms with van der Waals surface area (Å²) < 4.78 is 7.29. The van der Waals surface area contributed by atoms with Gasteiger partial charge in [0.15, 0.2) is 0 Å². The van der Waals surface area contributed by atoms with Gasteiger partial charge in [-0.2, -0.15) is 0 Å². The van der Waals surface area contributed by atoms with Crippen LogP contribution in [-0.2, 0) is 11.8 Å². The van der Waals surface area contributed by atoms with E-state index >= 15 is 0 Å². The number of aryl methyl sites for hydroxylation is 1. The third-order valence-corrected chi connectivity index (χ3v) is 3.85. The molecule has 0 bridgehead atoms. The summed E-state index contributed by atoms with van der Waals surface area (Å²) in [5, 5.41) is 3.02. The third kappa shape index (κ3) is 2.71. The summed E-state index contributed by atoms with van der Waals surface area (Å²) >= 11 is 0. The Bertz CT molecular complexity index is 646. The summed E-state index contributed by atoms with van der Waals surface area (Å²) in [5.74, 6) is 0.859. The molecule has 21 heavy (non-hydrogen) atoms. The number of ether oxygens (including phenoxy) is 1. The minimum atomic E-state index is -0.141. The van der Waals surface area contributed by atoms with Crippen molar-refractivity contribution in [2.75, 3.05) is 26.3 Å². The van der Waals surface area contributed by atoms with Crippen LogP contribution in [0.3, 0.4) is 0 Å². The summed E-state index contributed by atoms with van der Waals surface area (Å²) in [6.07, 6.45) is 0. The molecule has 2 aromatic rings. The van der Waals surface area contributed by atoms with Crippen LogP contribution in [-0.4, -0.2) is 46.8 Å². The number of nitrogens with one attached hydrogen (secondary N) is 1. The van der Waals surface area contributed by atoms with Crippen LogP contribution < -0.4 is 5.32 Å². The second-order valence-corrected chi connectivity index (χ2v) is 5.29. The number of hydrogen-bond donors (Lipinski definition) is 1. The van der Waals surface area contributed by atoms with Crippen molar-refractivity contribution in [1.82, 2.24) is 19.8 Å².